The van der Waals surface area contributed by atoms with E-state index >= 15 is 0 Å². The van der Waals surface area contributed by atoms with Crippen LogP contribution in [0.25, 0.3) is 0 Å². The molecule has 1 N–H and O–H groups in total. The number of amides is 2. The Morgan fingerprint density at radius 1 is 1.17 bits per heavy atom. The molecular formula is C13H26N2OP2. The second-order valence-corrected chi connectivity index (χ2v) is 8.25. The second kappa shape index (κ2) is 5.47. The highest BCUT2D eigenvalue weighted by atomic mass is 32.0. The zero-order chi connectivity index (χ0) is 14.1. The summed E-state index contributed by atoms with van der Waals surface area (Å²) in [4.78, 5) is 12.1. The van der Waals surface area contributed by atoms with Crippen LogP contribution >= 0.6 is 17.3 Å². The minimum absolute atomic E-state index is 0.0200. The van der Waals surface area contributed by atoms with Crippen LogP contribution in [0, 0.1) is 10.8 Å². The topological polar surface area (TPSA) is 32.3 Å². The molecule has 1 aliphatic rings. The van der Waals surface area contributed by atoms with Crippen LogP contribution in [0.5, 0.6) is 0 Å². The Bertz CT molecular complexity index is 364. The van der Waals surface area contributed by atoms with Gasteiger partial charge in [-0.1, -0.05) is 50.5 Å². The molecule has 0 aromatic carbocycles. The first-order valence-electron chi connectivity index (χ1n) is 6.37. The Labute approximate surface area is 115 Å². The molecule has 18 heavy (non-hydrogen) atoms. The largest absolute Gasteiger partial charge is 0.337 e. The van der Waals surface area contributed by atoms with E-state index in [1.54, 1.807) is 0 Å². The van der Waals surface area contributed by atoms with Crippen molar-refractivity contribution in [1.29, 1.82) is 0 Å². The first-order chi connectivity index (χ1) is 8.09. The van der Waals surface area contributed by atoms with Gasteiger partial charge < -0.3 is 5.32 Å². The van der Waals surface area contributed by atoms with Crippen LogP contribution in [-0.4, -0.2) is 17.2 Å². The van der Waals surface area contributed by atoms with Gasteiger partial charge in [-0.2, -0.15) is 0 Å². The van der Waals surface area contributed by atoms with E-state index in [4.69, 9.17) is 0 Å². The van der Waals surface area contributed by atoms with Crippen LogP contribution in [0.3, 0.4) is 0 Å². The molecular weight excluding hydrogens is 262 g/mol. The van der Waals surface area contributed by atoms with Gasteiger partial charge >= 0.3 is 6.03 Å². The van der Waals surface area contributed by atoms with Crippen molar-refractivity contribution >= 4 is 23.4 Å². The van der Waals surface area contributed by atoms with Crippen LogP contribution in [-0.2, 0) is 0 Å². The average molecular weight is 288 g/mol. The van der Waals surface area contributed by atoms with E-state index in [1.165, 1.54) is 11.3 Å². The molecule has 2 unspecified atom stereocenters. The third-order valence-electron chi connectivity index (χ3n) is 3.11. The summed E-state index contributed by atoms with van der Waals surface area (Å²) in [5, 5.41) is 2.99. The summed E-state index contributed by atoms with van der Waals surface area (Å²) in [6.45, 7) is 14.0. The van der Waals surface area contributed by atoms with Gasteiger partial charge in [0.25, 0.3) is 0 Å². The summed E-state index contributed by atoms with van der Waals surface area (Å²) in [7, 11) is 3.07. The van der Waals surface area contributed by atoms with Gasteiger partial charge in [0.15, 0.2) is 0 Å². The minimum Gasteiger partial charge on any atom is -0.337 e. The maximum Gasteiger partial charge on any atom is 0.325 e. The molecule has 3 nitrogen and oxygen atoms in total. The zero-order valence-corrected chi connectivity index (χ0v) is 14.5. The van der Waals surface area contributed by atoms with Gasteiger partial charge in [-0.25, -0.2) is 4.79 Å². The van der Waals surface area contributed by atoms with E-state index in [2.05, 4.69) is 55.8 Å². The minimum atomic E-state index is -0.0200. The lowest BCUT2D eigenvalue weighted by atomic mass is 9.77. The van der Waals surface area contributed by atoms with Gasteiger partial charge in [0.2, 0.25) is 0 Å². The number of urea groups is 1. The third-order valence-corrected chi connectivity index (χ3v) is 4.57. The predicted molar refractivity (Wildman–Crippen MR) is 83.8 cm³/mol. The van der Waals surface area contributed by atoms with Crippen molar-refractivity contribution in [3.05, 3.63) is 11.3 Å². The highest BCUT2D eigenvalue weighted by Gasteiger charge is 2.35. The Hall–Kier alpha value is -0.130. The monoisotopic (exact) mass is 288 g/mol. The maximum absolute atomic E-state index is 12.1. The van der Waals surface area contributed by atoms with Gasteiger partial charge in [0.05, 0.1) is 0 Å². The fraction of sp³-hybridized carbons (Fsp3) is 0.769. The fourth-order valence-electron chi connectivity index (χ4n) is 2.37. The van der Waals surface area contributed by atoms with Crippen molar-refractivity contribution in [2.45, 2.75) is 48.0 Å². The molecule has 2 atom stereocenters. The number of rotatable bonds is 1. The lowest BCUT2D eigenvalue weighted by Crippen LogP contribution is -2.36. The molecule has 0 saturated heterocycles. The number of hydrogen-bond acceptors (Lipinski definition) is 1. The molecule has 0 bridgehead atoms. The average Bonchev–Trinajstić information content (AvgIpc) is 2.34. The van der Waals surface area contributed by atoms with E-state index in [0.717, 1.165) is 13.0 Å². The van der Waals surface area contributed by atoms with E-state index in [0.29, 0.717) is 8.42 Å². The van der Waals surface area contributed by atoms with Gasteiger partial charge in [-0.3, -0.25) is 4.67 Å². The highest BCUT2D eigenvalue weighted by molar-refractivity contribution is 8.01. The molecule has 1 heterocycles. The van der Waals surface area contributed by atoms with Crippen LogP contribution in [0.15, 0.2) is 11.3 Å². The van der Waals surface area contributed by atoms with Gasteiger partial charge in [0.1, 0.15) is 0 Å². The van der Waals surface area contributed by atoms with Crippen molar-refractivity contribution in [1.82, 2.24) is 9.99 Å². The summed E-state index contributed by atoms with van der Waals surface area (Å²) >= 11 is 0. The molecule has 1 aliphatic heterocycles. The van der Waals surface area contributed by atoms with Gasteiger partial charge in [-0.15, -0.1) is 0 Å². The number of allylic oxidation sites excluding steroid dienone is 1. The standard InChI is InChI=1S/C13H26N2OP2/c1-12(2,3)9-7-8-14-11(16)15(18-17)10(9)13(4,5)6/h18H,7-8,17H2,1-6H3,(H,14,16). The molecule has 0 aromatic rings. The summed E-state index contributed by atoms with van der Waals surface area (Å²) in [5.74, 6) is 0. The molecule has 0 saturated carbocycles. The zero-order valence-electron chi connectivity index (χ0n) is 12.3. The molecule has 104 valence electrons. The third kappa shape index (κ3) is 3.45. The summed E-state index contributed by atoms with van der Waals surface area (Å²) < 4.78 is 1.90. The summed E-state index contributed by atoms with van der Waals surface area (Å²) in [5.41, 5.74) is 2.66. The van der Waals surface area contributed by atoms with E-state index in [9.17, 15) is 4.79 Å². The van der Waals surface area contributed by atoms with Crippen molar-refractivity contribution in [3.8, 4) is 0 Å². The first-order valence-corrected chi connectivity index (χ1v) is 9.13. The van der Waals surface area contributed by atoms with E-state index in [-0.39, 0.29) is 16.9 Å². The van der Waals surface area contributed by atoms with Gasteiger partial charge in [0, 0.05) is 26.1 Å². The quantitative estimate of drug-likeness (QED) is 0.723. The van der Waals surface area contributed by atoms with E-state index < -0.39 is 0 Å². The van der Waals surface area contributed by atoms with Crippen LogP contribution in [0.1, 0.15) is 48.0 Å². The number of hydrogen-bond donors (Lipinski definition) is 1. The van der Waals surface area contributed by atoms with Crippen molar-refractivity contribution in [2.75, 3.05) is 6.54 Å². The normalized spacial score (nSPS) is 19.5. The first kappa shape index (κ1) is 15.9. The Morgan fingerprint density at radius 3 is 2.11 bits per heavy atom. The molecule has 5 heteroatoms. The predicted octanol–water partition coefficient (Wildman–Crippen LogP) is 4.13. The lowest BCUT2D eigenvalue weighted by molar-refractivity contribution is 0.227. The number of carbonyl (C=O) groups excluding carboxylic acids is 1. The smallest absolute Gasteiger partial charge is 0.325 e. The van der Waals surface area contributed by atoms with Crippen molar-refractivity contribution in [3.63, 3.8) is 0 Å². The molecule has 1 rings (SSSR count). The molecule has 0 fully saturated rings. The van der Waals surface area contributed by atoms with Crippen LogP contribution in [0.2, 0.25) is 0 Å². The molecule has 2 amide bonds. The second-order valence-electron chi connectivity index (χ2n) is 6.77. The number of nitrogens with zero attached hydrogens (tertiary/aromatic N) is 1. The summed E-state index contributed by atoms with van der Waals surface area (Å²) in [6.07, 6.45) is 0.938. The molecule has 0 radical (unpaired) electrons. The fourth-order valence-corrected chi connectivity index (χ4v) is 3.90. The molecule has 0 aromatic heterocycles. The van der Waals surface area contributed by atoms with E-state index in [1.807, 2.05) is 4.67 Å². The van der Waals surface area contributed by atoms with Crippen LogP contribution < -0.4 is 5.32 Å². The van der Waals surface area contributed by atoms with Crippen molar-refractivity contribution in [2.24, 2.45) is 10.8 Å². The SMILES string of the molecule is CC(C)(C)C1=C(C(C)(C)C)N(PP)C(=O)NCC1. The van der Waals surface area contributed by atoms with Crippen LogP contribution in [0.4, 0.5) is 4.79 Å². The highest BCUT2D eigenvalue weighted by Crippen LogP contribution is 2.46. The molecule has 0 aliphatic carbocycles. The van der Waals surface area contributed by atoms with Crippen molar-refractivity contribution < 1.29 is 4.79 Å². The Balaban J connectivity index is 3.44. The lowest BCUT2D eigenvalue weighted by Gasteiger charge is -2.37. The molecule has 0 spiro atoms. The Morgan fingerprint density at radius 2 is 1.72 bits per heavy atom. The van der Waals surface area contributed by atoms with Gasteiger partial charge in [-0.05, 0) is 17.4 Å². The summed E-state index contributed by atoms with van der Waals surface area (Å²) in [6, 6.07) is 0.0347. The maximum atomic E-state index is 12.1. The number of carbonyl (C=O) groups is 1. The number of nitrogens with one attached hydrogen (secondary N) is 1. The Kier molecular flexibility index (Phi) is 4.84.